The zero-order valence-corrected chi connectivity index (χ0v) is 11.6. The lowest BCUT2D eigenvalue weighted by Gasteiger charge is -2.18. The van der Waals surface area contributed by atoms with Crippen LogP contribution in [0.1, 0.15) is 43.7 Å². The van der Waals surface area contributed by atoms with Gasteiger partial charge in [0, 0.05) is 6.42 Å². The Morgan fingerprint density at radius 2 is 2.00 bits per heavy atom. The van der Waals surface area contributed by atoms with Crippen molar-refractivity contribution in [2.24, 2.45) is 0 Å². The Bertz CT molecular complexity index is 498. The predicted molar refractivity (Wildman–Crippen MR) is 74.5 cm³/mol. The van der Waals surface area contributed by atoms with Gasteiger partial charge in [0.1, 0.15) is 0 Å². The van der Waals surface area contributed by atoms with Gasteiger partial charge in [0.25, 0.3) is 0 Å². The summed E-state index contributed by atoms with van der Waals surface area (Å²) in [5, 5.41) is 0. The summed E-state index contributed by atoms with van der Waals surface area (Å²) in [7, 11) is 1.65. The van der Waals surface area contributed by atoms with Gasteiger partial charge in [-0.25, -0.2) is 5.43 Å². The normalized spacial score (nSPS) is 22.9. The van der Waals surface area contributed by atoms with Gasteiger partial charge < -0.3 is 9.47 Å². The first-order valence-electron chi connectivity index (χ1n) is 7.15. The number of methoxy groups -OCH3 is 1. The van der Waals surface area contributed by atoms with Crippen molar-refractivity contribution in [1.82, 2.24) is 10.9 Å². The molecule has 5 heteroatoms. The minimum atomic E-state index is -0.000616. The number of hydrogen-bond donors (Lipinski definition) is 2. The van der Waals surface area contributed by atoms with Crippen LogP contribution in [0.5, 0.6) is 11.5 Å². The molecule has 0 unspecified atom stereocenters. The summed E-state index contributed by atoms with van der Waals surface area (Å²) in [4.78, 5) is 11.3. The molecule has 1 saturated heterocycles. The van der Waals surface area contributed by atoms with Crippen LogP contribution < -0.4 is 20.3 Å². The van der Waals surface area contributed by atoms with Gasteiger partial charge in [-0.1, -0.05) is 6.07 Å². The molecule has 20 heavy (non-hydrogen) atoms. The van der Waals surface area contributed by atoms with E-state index in [9.17, 15) is 4.79 Å². The van der Waals surface area contributed by atoms with Crippen LogP contribution in [0.3, 0.4) is 0 Å². The molecule has 0 spiro atoms. The summed E-state index contributed by atoms with van der Waals surface area (Å²) in [5.41, 5.74) is 6.65. The third kappa shape index (κ3) is 2.72. The van der Waals surface area contributed by atoms with Gasteiger partial charge >= 0.3 is 0 Å². The van der Waals surface area contributed by atoms with Gasteiger partial charge in [0.2, 0.25) is 5.91 Å². The molecule has 2 N–H and O–H groups in total. The van der Waals surface area contributed by atoms with Crippen LogP contribution in [0.25, 0.3) is 0 Å². The minimum absolute atomic E-state index is 0.000616. The zero-order valence-electron chi connectivity index (χ0n) is 11.6. The summed E-state index contributed by atoms with van der Waals surface area (Å²) >= 11 is 0. The van der Waals surface area contributed by atoms with Crippen molar-refractivity contribution in [3.8, 4) is 11.5 Å². The van der Waals surface area contributed by atoms with Crippen molar-refractivity contribution >= 4 is 5.91 Å². The number of hydrazine groups is 1. The quantitative estimate of drug-likeness (QED) is 0.884. The van der Waals surface area contributed by atoms with Gasteiger partial charge in [-0.05, 0) is 43.4 Å². The number of benzene rings is 1. The number of nitrogens with one attached hydrogen (secondary N) is 2. The first kappa shape index (κ1) is 13.2. The first-order chi connectivity index (χ1) is 9.76. The van der Waals surface area contributed by atoms with E-state index in [1.54, 1.807) is 7.11 Å². The number of ether oxygens (including phenoxy) is 2. The molecular weight excluding hydrogens is 256 g/mol. The van der Waals surface area contributed by atoms with Crippen molar-refractivity contribution in [2.45, 2.75) is 44.2 Å². The van der Waals surface area contributed by atoms with E-state index in [0.717, 1.165) is 29.9 Å². The van der Waals surface area contributed by atoms with Crippen molar-refractivity contribution in [3.63, 3.8) is 0 Å². The van der Waals surface area contributed by atoms with E-state index in [-0.39, 0.29) is 18.1 Å². The fourth-order valence-corrected chi connectivity index (χ4v) is 2.84. The van der Waals surface area contributed by atoms with Crippen LogP contribution >= 0.6 is 0 Å². The van der Waals surface area contributed by atoms with Gasteiger partial charge in [0.05, 0.1) is 19.3 Å². The standard InChI is InChI=1S/C15H20N2O3/c1-19-13-7-6-10(12-9-15(18)17-16-12)8-14(13)20-11-4-2-3-5-11/h6-8,11-12,16H,2-5,9H2,1H3,(H,17,18)/t12-/m1/s1. The van der Waals surface area contributed by atoms with Gasteiger partial charge in [0.15, 0.2) is 11.5 Å². The number of hydrogen-bond acceptors (Lipinski definition) is 4. The minimum Gasteiger partial charge on any atom is -0.493 e. The Balaban J connectivity index is 1.80. The van der Waals surface area contributed by atoms with Crippen molar-refractivity contribution in [2.75, 3.05) is 7.11 Å². The monoisotopic (exact) mass is 276 g/mol. The van der Waals surface area contributed by atoms with E-state index in [1.165, 1.54) is 12.8 Å². The molecule has 5 nitrogen and oxygen atoms in total. The van der Waals surface area contributed by atoms with Crippen molar-refractivity contribution in [3.05, 3.63) is 23.8 Å². The van der Waals surface area contributed by atoms with Gasteiger partial charge in [-0.15, -0.1) is 0 Å². The summed E-state index contributed by atoms with van der Waals surface area (Å²) in [5.74, 6) is 1.54. The summed E-state index contributed by atoms with van der Waals surface area (Å²) in [6.45, 7) is 0. The molecule has 3 rings (SSSR count). The fraction of sp³-hybridized carbons (Fsp3) is 0.533. The van der Waals surface area contributed by atoms with Crippen LogP contribution in [0.15, 0.2) is 18.2 Å². The van der Waals surface area contributed by atoms with E-state index in [1.807, 2.05) is 18.2 Å². The Labute approximate surface area is 118 Å². The molecule has 1 saturated carbocycles. The molecule has 1 aliphatic carbocycles. The SMILES string of the molecule is COc1ccc([C@H]2CC(=O)NN2)cc1OC1CCCC1. The number of carbonyl (C=O) groups is 1. The molecular formula is C15H20N2O3. The second-order valence-electron chi connectivity index (χ2n) is 5.38. The second kappa shape index (κ2) is 5.71. The molecule has 1 amide bonds. The van der Waals surface area contributed by atoms with Crippen LogP contribution in [0, 0.1) is 0 Å². The average Bonchev–Trinajstić information content (AvgIpc) is 3.10. The van der Waals surface area contributed by atoms with Crippen molar-refractivity contribution in [1.29, 1.82) is 0 Å². The lowest BCUT2D eigenvalue weighted by Crippen LogP contribution is -2.27. The fourth-order valence-electron chi connectivity index (χ4n) is 2.84. The summed E-state index contributed by atoms with van der Waals surface area (Å²) < 4.78 is 11.4. The van der Waals surface area contributed by atoms with Gasteiger partial charge in [-0.3, -0.25) is 10.2 Å². The highest BCUT2D eigenvalue weighted by Crippen LogP contribution is 2.34. The second-order valence-corrected chi connectivity index (χ2v) is 5.38. The maximum atomic E-state index is 11.3. The first-order valence-corrected chi connectivity index (χ1v) is 7.15. The molecule has 2 aliphatic rings. The summed E-state index contributed by atoms with van der Waals surface area (Å²) in [6.07, 6.45) is 5.42. The molecule has 1 aromatic rings. The van der Waals surface area contributed by atoms with E-state index in [4.69, 9.17) is 9.47 Å². The third-order valence-corrected chi connectivity index (χ3v) is 3.96. The Hall–Kier alpha value is -1.75. The lowest BCUT2D eigenvalue weighted by molar-refractivity contribution is -0.119. The number of amides is 1. The Morgan fingerprint density at radius 1 is 1.20 bits per heavy atom. The van der Waals surface area contributed by atoms with Crippen LogP contribution in [0.2, 0.25) is 0 Å². The molecule has 1 atom stereocenters. The molecule has 1 aliphatic heterocycles. The molecule has 1 heterocycles. The number of rotatable bonds is 4. The molecule has 0 aromatic heterocycles. The molecule has 0 bridgehead atoms. The lowest BCUT2D eigenvalue weighted by atomic mass is 10.0. The molecule has 1 aromatic carbocycles. The number of carbonyl (C=O) groups excluding carboxylic acids is 1. The largest absolute Gasteiger partial charge is 0.493 e. The van der Waals surface area contributed by atoms with Gasteiger partial charge in [-0.2, -0.15) is 0 Å². The highest BCUT2D eigenvalue weighted by Gasteiger charge is 2.24. The van der Waals surface area contributed by atoms with E-state index in [0.29, 0.717) is 6.42 Å². The van der Waals surface area contributed by atoms with Crippen LogP contribution in [-0.4, -0.2) is 19.1 Å². The Kier molecular flexibility index (Phi) is 3.78. The Morgan fingerprint density at radius 3 is 2.65 bits per heavy atom. The predicted octanol–water partition coefficient (Wildman–Crippen LogP) is 2.08. The smallest absolute Gasteiger partial charge is 0.236 e. The molecule has 2 fully saturated rings. The van der Waals surface area contributed by atoms with Crippen LogP contribution in [-0.2, 0) is 4.79 Å². The highest BCUT2D eigenvalue weighted by molar-refractivity contribution is 5.78. The van der Waals surface area contributed by atoms with Crippen molar-refractivity contribution < 1.29 is 14.3 Å². The van der Waals surface area contributed by atoms with E-state index >= 15 is 0 Å². The van der Waals surface area contributed by atoms with Crippen LogP contribution in [0.4, 0.5) is 0 Å². The molecule has 108 valence electrons. The zero-order chi connectivity index (χ0) is 13.9. The average molecular weight is 276 g/mol. The summed E-state index contributed by atoms with van der Waals surface area (Å²) in [6, 6.07) is 5.86. The highest BCUT2D eigenvalue weighted by atomic mass is 16.5. The maximum Gasteiger partial charge on any atom is 0.236 e. The molecule has 0 radical (unpaired) electrons. The topological polar surface area (TPSA) is 59.6 Å². The maximum absolute atomic E-state index is 11.3. The van der Waals surface area contributed by atoms with E-state index < -0.39 is 0 Å². The third-order valence-electron chi connectivity index (χ3n) is 3.96. The van der Waals surface area contributed by atoms with E-state index in [2.05, 4.69) is 10.9 Å².